The van der Waals surface area contributed by atoms with E-state index < -0.39 is 16.1 Å². The SMILES string of the molecule is CC(C(=O)Nc1ccc2c(c1)CCC2)N1c2cccc3cccc(c23)S1(=O)=O. The molecule has 2 aliphatic rings. The molecule has 3 aromatic rings. The molecule has 5 rings (SSSR count). The molecule has 0 aromatic heterocycles. The van der Waals surface area contributed by atoms with Crippen molar-refractivity contribution in [3.8, 4) is 0 Å². The molecule has 1 aliphatic heterocycles. The van der Waals surface area contributed by atoms with Gasteiger partial charge in [0.05, 0.1) is 10.6 Å². The first-order valence-electron chi connectivity index (χ1n) is 9.46. The summed E-state index contributed by atoms with van der Waals surface area (Å²) in [6.45, 7) is 1.63. The first kappa shape index (κ1) is 17.3. The van der Waals surface area contributed by atoms with Crippen LogP contribution in [-0.2, 0) is 27.7 Å². The average Bonchev–Trinajstić information content (AvgIpc) is 3.23. The Balaban J connectivity index is 1.49. The number of aryl methyl sites for hydroxylation is 2. The molecule has 1 heterocycles. The van der Waals surface area contributed by atoms with Gasteiger partial charge in [0.2, 0.25) is 5.91 Å². The lowest BCUT2D eigenvalue weighted by Crippen LogP contribution is -2.44. The van der Waals surface area contributed by atoms with E-state index in [-0.39, 0.29) is 10.8 Å². The molecular weight excluding hydrogens is 372 g/mol. The molecule has 1 amide bonds. The normalized spacial score (nSPS) is 17.5. The highest BCUT2D eigenvalue weighted by molar-refractivity contribution is 7.93. The van der Waals surface area contributed by atoms with Crippen LogP contribution in [0.4, 0.5) is 11.4 Å². The summed E-state index contributed by atoms with van der Waals surface area (Å²) >= 11 is 0. The quantitative estimate of drug-likeness (QED) is 0.736. The van der Waals surface area contributed by atoms with Crippen LogP contribution in [0, 0.1) is 0 Å². The fraction of sp³-hybridized carbons (Fsp3) is 0.227. The third kappa shape index (κ3) is 2.44. The third-order valence-electron chi connectivity index (χ3n) is 5.72. The summed E-state index contributed by atoms with van der Waals surface area (Å²) in [4.78, 5) is 13.2. The highest BCUT2D eigenvalue weighted by Gasteiger charge is 2.40. The smallest absolute Gasteiger partial charge is 0.265 e. The van der Waals surface area contributed by atoms with E-state index in [0.717, 1.165) is 24.6 Å². The molecule has 6 heteroatoms. The summed E-state index contributed by atoms with van der Waals surface area (Å²) in [6.07, 6.45) is 3.23. The van der Waals surface area contributed by atoms with Gasteiger partial charge in [-0.05, 0) is 67.0 Å². The average molecular weight is 392 g/mol. The second-order valence-corrected chi connectivity index (χ2v) is 9.22. The molecule has 28 heavy (non-hydrogen) atoms. The summed E-state index contributed by atoms with van der Waals surface area (Å²) < 4.78 is 27.6. The second-order valence-electron chi connectivity index (χ2n) is 7.43. The Morgan fingerprint density at radius 3 is 2.61 bits per heavy atom. The van der Waals surface area contributed by atoms with Crippen molar-refractivity contribution in [3.63, 3.8) is 0 Å². The molecular formula is C22H20N2O3S. The van der Waals surface area contributed by atoms with Crippen molar-refractivity contribution in [1.82, 2.24) is 0 Å². The van der Waals surface area contributed by atoms with Gasteiger partial charge < -0.3 is 5.32 Å². The number of amides is 1. The number of anilines is 2. The summed E-state index contributed by atoms with van der Waals surface area (Å²) in [5.41, 5.74) is 3.86. The van der Waals surface area contributed by atoms with E-state index in [1.807, 2.05) is 36.4 Å². The molecule has 1 N–H and O–H groups in total. The summed E-state index contributed by atoms with van der Waals surface area (Å²) in [6, 6.07) is 15.8. The fourth-order valence-electron chi connectivity index (χ4n) is 4.34. The lowest BCUT2D eigenvalue weighted by Gasteiger charge is -2.25. The monoisotopic (exact) mass is 392 g/mol. The van der Waals surface area contributed by atoms with Crippen LogP contribution in [0.15, 0.2) is 59.5 Å². The lowest BCUT2D eigenvalue weighted by molar-refractivity contribution is -0.116. The molecule has 1 atom stereocenters. The van der Waals surface area contributed by atoms with Gasteiger partial charge in [-0.3, -0.25) is 9.10 Å². The van der Waals surface area contributed by atoms with E-state index in [2.05, 4.69) is 5.32 Å². The van der Waals surface area contributed by atoms with Crippen molar-refractivity contribution >= 4 is 38.1 Å². The zero-order valence-corrected chi connectivity index (χ0v) is 16.3. The van der Waals surface area contributed by atoms with E-state index in [1.54, 1.807) is 25.1 Å². The van der Waals surface area contributed by atoms with Gasteiger partial charge in [-0.1, -0.05) is 30.3 Å². The standard InChI is InChI=1S/C22H20N2O3S/c1-14(22(25)23-18-12-11-15-5-2-8-17(15)13-18)24-19-9-3-6-16-7-4-10-20(21(16)19)28(24,26)27/h3-4,6-7,9-14H,2,5,8H2,1H3,(H,23,25). The molecule has 0 saturated carbocycles. The first-order chi connectivity index (χ1) is 13.5. The lowest BCUT2D eigenvalue weighted by atomic mass is 10.1. The van der Waals surface area contributed by atoms with E-state index >= 15 is 0 Å². The molecule has 3 aromatic carbocycles. The Labute approximate surface area is 164 Å². The van der Waals surface area contributed by atoms with Gasteiger partial charge in [-0.2, -0.15) is 0 Å². The van der Waals surface area contributed by atoms with Crippen molar-refractivity contribution in [2.75, 3.05) is 9.62 Å². The Morgan fingerprint density at radius 2 is 1.79 bits per heavy atom. The van der Waals surface area contributed by atoms with Crippen molar-refractivity contribution < 1.29 is 13.2 Å². The number of rotatable bonds is 3. The number of carbonyl (C=O) groups is 1. The zero-order valence-electron chi connectivity index (χ0n) is 15.5. The number of benzene rings is 3. The highest BCUT2D eigenvalue weighted by Crippen LogP contribution is 2.43. The summed E-state index contributed by atoms with van der Waals surface area (Å²) in [5.74, 6) is -0.341. The van der Waals surface area contributed by atoms with Gasteiger partial charge in [-0.15, -0.1) is 0 Å². The number of hydrogen-bond acceptors (Lipinski definition) is 3. The number of sulfonamides is 1. The molecule has 0 fully saturated rings. The number of hydrogen-bond donors (Lipinski definition) is 1. The summed E-state index contributed by atoms with van der Waals surface area (Å²) in [7, 11) is -3.77. The predicted molar refractivity (Wildman–Crippen MR) is 110 cm³/mol. The molecule has 0 spiro atoms. The van der Waals surface area contributed by atoms with Crippen LogP contribution in [0.3, 0.4) is 0 Å². The Kier molecular flexibility index (Phi) is 3.74. The second kappa shape index (κ2) is 6.07. The Morgan fingerprint density at radius 1 is 1.04 bits per heavy atom. The maximum Gasteiger partial charge on any atom is 0.265 e. The van der Waals surface area contributed by atoms with E-state index in [9.17, 15) is 13.2 Å². The van der Waals surface area contributed by atoms with Gasteiger partial charge in [0, 0.05) is 11.1 Å². The molecule has 1 aliphatic carbocycles. The minimum atomic E-state index is -3.77. The van der Waals surface area contributed by atoms with Gasteiger partial charge in [-0.25, -0.2) is 8.42 Å². The number of carbonyl (C=O) groups excluding carboxylic acids is 1. The highest BCUT2D eigenvalue weighted by atomic mass is 32.2. The zero-order chi connectivity index (χ0) is 19.5. The number of fused-ring (bicyclic) bond motifs is 1. The Bertz CT molecular complexity index is 1230. The van der Waals surface area contributed by atoms with E-state index in [0.29, 0.717) is 16.8 Å². The van der Waals surface area contributed by atoms with E-state index in [1.165, 1.54) is 15.4 Å². The van der Waals surface area contributed by atoms with Crippen LogP contribution in [0.5, 0.6) is 0 Å². The van der Waals surface area contributed by atoms with Crippen molar-refractivity contribution in [3.05, 3.63) is 65.7 Å². The Hall–Kier alpha value is -2.86. The maximum absolute atomic E-state index is 13.2. The number of nitrogens with one attached hydrogen (secondary N) is 1. The van der Waals surface area contributed by atoms with Crippen LogP contribution in [-0.4, -0.2) is 20.4 Å². The molecule has 0 bridgehead atoms. The number of nitrogens with zero attached hydrogens (tertiary/aromatic N) is 1. The van der Waals surface area contributed by atoms with Crippen molar-refractivity contribution in [1.29, 1.82) is 0 Å². The van der Waals surface area contributed by atoms with Gasteiger partial charge in [0.15, 0.2) is 0 Å². The van der Waals surface area contributed by atoms with Crippen LogP contribution in [0.1, 0.15) is 24.5 Å². The minimum absolute atomic E-state index is 0.262. The molecule has 0 radical (unpaired) electrons. The summed E-state index contributed by atoms with van der Waals surface area (Å²) in [5, 5.41) is 4.44. The van der Waals surface area contributed by atoms with Crippen LogP contribution in [0.2, 0.25) is 0 Å². The third-order valence-corrected chi connectivity index (χ3v) is 7.64. The molecule has 0 saturated heterocycles. The molecule has 1 unspecified atom stereocenters. The minimum Gasteiger partial charge on any atom is -0.324 e. The fourth-order valence-corrected chi connectivity index (χ4v) is 6.21. The van der Waals surface area contributed by atoms with Crippen LogP contribution in [0.25, 0.3) is 10.8 Å². The van der Waals surface area contributed by atoms with Crippen LogP contribution >= 0.6 is 0 Å². The topological polar surface area (TPSA) is 66.5 Å². The van der Waals surface area contributed by atoms with E-state index in [4.69, 9.17) is 0 Å². The van der Waals surface area contributed by atoms with Gasteiger partial charge in [0.25, 0.3) is 10.0 Å². The van der Waals surface area contributed by atoms with Gasteiger partial charge in [0.1, 0.15) is 6.04 Å². The van der Waals surface area contributed by atoms with Crippen LogP contribution < -0.4 is 9.62 Å². The largest absolute Gasteiger partial charge is 0.324 e. The van der Waals surface area contributed by atoms with Crippen molar-refractivity contribution in [2.45, 2.75) is 37.1 Å². The van der Waals surface area contributed by atoms with Gasteiger partial charge >= 0.3 is 0 Å². The first-order valence-corrected chi connectivity index (χ1v) is 10.9. The van der Waals surface area contributed by atoms with Crippen molar-refractivity contribution in [2.24, 2.45) is 0 Å². The predicted octanol–water partition coefficient (Wildman–Crippen LogP) is 3.86. The molecule has 142 valence electrons. The maximum atomic E-state index is 13.2. The molecule has 5 nitrogen and oxygen atoms in total.